The first-order valence-corrected chi connectivity index (χ1v) is 10.3. The summed E-state index contributed by atoms with van der Waals surface area (Å²) in [5, 5.41) is 5.25. The van der Waals surface area contributed by atoms with E-state index in [0.29, 0.717) is 29.5 Å². The average molecular weight is 412 g/mol. The molecule has 0 fully saturated rings. The molecule has 0 N–H and O–H groups in total. The lowest BCUT2D eigenvalue weighted by Crippen LogP contribution is -2.21. The predicted octanol–water partition coefficient (Wildman–Crippen LogP) is 4.77. The maximum absolute atomic E-state index is 13.4. The van der Waals surface area contributed by atoms with E-state index < -0.39 is 0 Å². The molecule has 0 saturated heterocycles. The molecule has 31 heavy (non-hydrogen) atoms. The Hall–Kier alpha value is -3.80. The van der Waals surface area contributed by atoms with Gasteiger partial charge in [-0.3, -0.25) is 4.79 Å². The van der Waals surface area contributed by atoms with E-state index >= 15 is 0 Å². The summed E-state index contributed by atoms with van der Waals surface area (Å²) in [5.74, 6) is -0.286. The summed E-state index contributed by atoms with van der Waals surface area (Å²) >= 11 is 0. The normalized spacial score (nSPS) is 11.5. The number of aromatic nitrogens is 4. The number of aryl methyl sites for hydroxylation is 2. The molecule has 5 nitrogen and oxygen atoms in total. The van der Waals surface area contributed by atoms with Gasteiger partial charge in [0.1, 0.15) is 5.82 Å². The van der Waals surface area contributed by atoms with Gasteiger partial charge in [-0.2, -0.15) is 5.10 Å². The number of benzene rings is 2. The molecule has 3 heterocycles. The second kappa shape index (κ2) is 7.47. The molecule has 6 heteroatoms. The number of hydrogen-bond donors (Lipinski definition) is 0. The zero-order valence-corrected chi connectivity index (χ0v) is 17.3. The second-order valence-electron chi connectivity index (χ2n) is 7.71. The van der Waals surface area contributed by atoms with Crippen LogP contribution in [0, 0.1) is 12.7 Å². The van der Waals surface area contributed by atoms with Gasteiger partial charge in [-0.1, -0.05) is 48.9 Å². The summed E-state index contributed by atoms with van der Waals surface area (Å²) in [6.45, 7) is 4.55. The van der Waals surface area contributed by atoms with Gasteiger partial charge in [-0.05, 0) is 42.7 Å². The molecule has 0 aliphatic carbocycles. The van der Waals surface area contributed by atoms with Crippen LogP contribution in [0.25, 0.3) is 27.7 Å². The van der Waals surface area contributed by atoms with Crippen LogP contribution in [0.4, 0.5) is 4.39 Å². The molecular weight excluding hydrogens is 391 g/mol. The van der Waals surface area contributed by atoms with Gasteiger partial charge in [-0.25, -0.2) is 13.9 Å². The van der Waals surface area contributed by atoms with Crippen LogP contribution in [0.15, 0.2) is 71.8 Å². The number of fused-ring (bicyclic) bond motifs is 3. The lowest BCUT2D eigenvalue weighted by molar-refractivity contribution is 0.628. The maximum atomic E-state index is 13.4. The summed E-state index contributed by atoms with van der Waals surface area (Å²) in [7, 11) is 0. The van der Waals surface area contributed by atoms with Gasteiger partial charge < -0.3 is 4.57 Å². The molecule has 5 rings (SSSR count). The highest BCUT2D eigenvalue weighted by atomic mass is 19.1. The Bertz CT molecular complexity index is 1460. The number of halogens is 1. The van der Waals surface area contributed by atoms with Crippen LogP contribution in [0.5, 0.6) is 0 Å². The van der Waals surface area contributed by atoms with Gasteiger partial charge >= 0.3 is 0 Å². The fraction of sp³-hybridized carbons (Fsp3) is 0.160. The molecule has 0 atom stereocenters. The molecule has 0 bridgehead atoms. The molecule has 0 amide bonds. The van der Waals surface area contributed by atoms with Crippen LogP contribution >= 0.6 is 0 Å². The largest absolute Gasteiger partial charge is 0.310 e. The lowest BCUT2D eigenvalue weighted by atomic mass is 10.0. The predicted molar refractivity (Wildman–Crippen MR) is 120 cm³/mol. The van der Waals surface area contributed by atoms with Crippen LogP contribution < -0.4 is 5.56 Å². The Morgan fingerprint density at radius 3 is 2.45 bits per heavy atom. The van der Waals surface area contributed by atoms with E-state index in [2.05, 4.69) is 4.98 Å². The topological polar surface area (TPSA) is 52.2 Å². The van der Waals surface area contributed by atoms with E-state index in [1.54, 1.807) is 33.6 Å². The van der Waals surface area contributed by atoms with E-state index in [0.717, 1.165) is 22.4 Å². The molecule has 0 spiro atoms. The van der Waals surface area contributed by atoms with Crippen molar-refractivity contribution in [2.24, 2.45) is 0 Å². The fourth-order valence-corrected chi connectivity index (χ4v) is 3.93. The minimum atomic E-state index is -0.286. The number of nitrogens with zero attached hydrogens (tertiary/aromatic N) is 4. The highest BCUT2D eigenvalue weighted by Crippen LogP contribution is 2.29. The van der Waals surface area contributed by atoms with E-state index in [-0.39, 0.29) is 11.4 Å². The Kier molecular flexibility index (Phi) is 4.62. The number of hydrogen-bond acceptors (Lipinski definition) is 3. The summed E-state index contributed by atoms with van der Waals surface area (Å²) in [5.41, 5.74) is 6.08. The van der Waals surface area contributed by atoms with E-state index in [9.17, 15) is 9.18 Å². The van der Waals surface area contributed by atoms with Gasteiger partial charge in [0.25, 0.3) is 5.56 Å². The van der Waals surface area contributed by atoms with Gasteiger partial charge in [0, 0.05) is 18.0 Å². The smallest absolute Gasteiger partial charge is 0.261 e. The van der Waals surface area contributed by atoms with Crippen molar-refractivity contribution in [1.29, 1.82) is 0 Å². The van der Waals surface area contributed by atoms with Crippen LogP contribution in [-0.4, -0.2) is 19.2 Å². The average Bonchev–Trinajstić information content (AvgIpc) is 3.17. The molecule has 0 unspecified atom stereocenters. The molecule has 0 aliphatic rings. The molecule has 0 aliphatic heterocycles. The Morgan fingerprint density at radius 1 is 1.00 bits per heavy atom. The summed E-state index contributed by atoms with van der Waals surface area (Å²) in [4.78, 5) is 17.7. The molecule has 154 valence electrons. The minimum Gasteiger partial charge on any atom is -0.310 e. The third kappa shape index (κ3) is 3.30. The van der Waals surface area contributed by atoms with Crippen molar-refractivity contribution in [2.75, 3.05) is 0 Å². The number of rotatable bonds is 4. The van der Waals surface area contributed by atoms with Crippen molar-refractivity contribution in [3.05, 3.63) is 100.0 Å². The van der Waals surface area contributed by atoms with Crippen LogP contribution in [0.2, 0.25) is 0 Å². The van der Waals surface area contributed by atoms with E-state index in [1.807, 2.05) is 44.2 Å². The monoisotopic (exact) mass is 412 g/mol. The lowest BCUT2D eigenvalue weighted by Gasteiger charge is -2.09. The molecule has 3 aromatic heterocycles. The minimum absolute atomic E-state index is 0.107. The summed E-state index contributed by atoms with van der Waals surface area (Å²) in [6.07, 6.45) is 4.11. The standard InChI is InChI=1S/C25H21FN4O/c1-3-21-23(18-8-10-19(26)11-9-18)24-27-14-20-22(30(24)28-21)12-13-29(25(20)31)15-17-6-4-16(2)5-7-17/h4-14H,3,15H2,1-2H3. The first-order chi connectivity index (χ1) is 15.0. The quantitative estimate of drug-likeness (QED) is 0.427. The zero-order valence-electron chi connectivity index (χ0n) is 17.3. The molecule has 2 aromatic carbocycles. The summed E-state index contributed by atoms with van der Waals surface area (Å²) in [6, 6.07) is 16.4. The van der Waals surface area contributed by atoms with Crippen molar-refractivity contribution in [3.63, 3.8) is 0 Å². The first kappa shape index (κ1) is 19.2. The van der Waals surface area contributed by atoms with Gasteiger partial charge in [0.2, 0.25) is 0 Å². The van der Waals surface area contributed by atoms with Gasteiger partial charge in [-0.15, -0.1) is 0 Å². The highest BCUT2D eigenvalue weighted by molar-refractivity contribution is 5.86. The van der Waals surface area contributed by atoms with Crippen molar-refractivity contribution in [1.82, 2.24) is 19.2 Å². The SMILES string of the molecule is CCc1nn2c(ncc3c(=O)n(Cc4ccc(C)cc4)ccc32)c1-c1ccc(F)cc1. The van der Waals surface area contributed by atoms with Gasteiger partial charge in [0.15, 0.2) is 5.65 Å². The third-order valence-corrected chi connectivity index (χ3v) is 5.60. The number of pyridine rings is 1. The van der Waals surface area contributed by atoms with Crippen molar-refractivity contribution >= 4 is 16.6 Å². The van der Waals surface area contributed by atoms with Crippen molar-refractivity contribution < 1.29 is 4.39 Å². The second-order valence-corrected chi connectivity index (χ2v) is 7.71. The Labute approximate surface area is 178 Å². The van der Waals surface area contributed by atoms with Crippen molar-refractivity contribution in [3.8, 4) is 11.1 Å². The Morgan fingerprint density at radius 2 is 1.74 bits per heavy atom. The molecule has 5 aromatic rings. The van der Waals surface area contributed by atoms with E-state index in [1.165, 1.54) is 17.7 Å². The molecular formula is C25H21FN4O. The van der Waals surface area contributed by atoms with Crippen LogP contribution in [0.1, 0.15) is 23.7 Å². The first-order valence-electron chi connectivity index (χ1n) is 10.3. The molecule has 0 radical (unpaired) electrons. The zero-order chi connectivity index (χ0) is 21.5. The van der Waals surface area contributed by atoms with Crippen molar-refractivity contribution in [2.45, 2.75) is 26.8 Å². The summed E-state index contributed by atoms with van der Waals surface area (Å²) < 4.78 is 16.8. The van der Waals surface area contributed by atoms with Gasteiger partial charge in [0.05, 0.1) is 23.1 Å². The van der Waals surface area contributed by atoms with E-state index in [4.69, 9.17) is 5.10 Å². The van der Waals surface area contributed by atoms with Crippen LogP contribution in [0.3, 0.4) is 0 Å². The Balaban J connectivity index is 1.67. The van der Waals surface area contributed by atoms with Crippen LogP contribution in [-0.2, 0) is 13.0 Å². The fourth-order valence-electron chi connectivity index (χ4n) is 3.93. The maximum Gasteiger partial charge on any atom is 0.261 e. The molecule has 0 saturated carbocycles. The third-order valence-electron chi connectivity index (χ3n) is 5.60. The highest BCUT2D eigenvalue weighted by Gasteiger charge is 2.17.